The number of terminal acetylenes is 1. The zero-order valence-electron chi connectivity index (χ0n) is 9.42. The first-order chi connectivity index (χ1) is 7.63. The summed E-state index contributed by atoms with van der Waals surface area (Å²) in [6.07, 6.45) is 5.54. The largest absolute Gasteiger partial charge is 0.115 e. The summed E-state index contributed by atoms with van der Waals surface area (Å²) < 4.78 is 0. The Hall–Kier alpha value is -1.45. The molecule has 0 aliphatic carbocycles. The van der Waals surface area contributed by atoms with Crippen LogP contribution in [0.15, 0.2) is 30.3 Å². The molecule has 0 nitrogen and oxygen atoms in total. The SMILES string of the molecule is C#Cc1cccc2cc(Cl)cc(C(C)C)c12. The van der Waals surface area contributed by atoms with Crippen molar-refractivity contribution >= 4 is 22.4 Å². The summed E-state index contributed by atoms with van der Waals surface area (Å²) >= 11 is 6.11. The van der Waals surface area contributed by atoms with E-state index in [9.17, 15) is 0 Å². The predicted octanol–water partition coefficient (Wildman–Crippen LogP) is 4.60. The smallest absolute Gasteiger partial charge is 0.0415 e. The number of fused-ring (bicyclic) bond motifs is 1. The highest BCUT2D eigenvalue weighted by atomic mass is 35.5. The minimum atomic E-state index is 0.413. The summed E-state index contributed by atoms with van der Waals surface area (Å²) in [6, 6.07) is 9.97. The van der Waals surface area contributed by atoms with E-state index in [1.54, 1.807) is 0 Å². The Labute approximate surface area is 101 Å². The highest BCUT2D eigenvalue weighted by Gasteiger charge is 2.09. The third kappa shape index (κ3) is 1.79. The van der Waals surface area contributed by atoms with Crippen molar-refractivity contribution in [2.24, 2.45) is 0 Å². The van der Waals surface area contributed by atoms with Gasteiger partial charge in [0.1, 0.15) is 0 Å². The molecule has 80 valence electrons. The van der Waals surface area contributed by atoms with E-state index < -0.39 is 0 Å². The van der Waals surface area contributed by atoms with E-state index in [0.29, 0.717) is 5.92 Å². The van der Waals surface area contributed by atoms with Crippen LogP contribution < -0.4 is 0 Å². The second-order valence-corrected chi connectivity index (χ2v) is 4.63. The van der Waals surface area contributed by atoms with Gasteiger partial charge in [0.15, 0.2) is 0 Å². The van der Waals surface area contributed by atoms with Crippen molar-refractivity contribution in [3.8, 4) is 12.3 Å². The Morgan fingerprint density at radius 3 is 2.62 bits per heavy atom. The lowest BCUT2D eigenvalue weighted by Crippen LogP contribution is -1.92. The molecule has 0 saturated heterocycles. The number of hydrogen-bond acceptors (Lipinski definition) is 0. The van der Waals surface area contributed by atoms with E-state index in [-0.39, 0.29) is 0 Å². The second-order valence-electron chi connectivity index (χ2n) is 4.20. The van der Waals surface area contributed by atoms with E-state index in [1.165, 1.54) is 5.56 Å². The zero-order valence-corrected chi connectivity index (χ0v) is 10.2. The molecule has 0 amide bonds. The first-order valence-corrected chi connectivity index (χ1v) is 5.70. The summed E-state index contributed by atoms with van der Waals surface area (Å²) in [6.45, 7) is 4.30. The van der Waals surface area contributed by atoms with Crippen LogP contribution in [0, 0.1) is 12.3 Å². The fraction of sp³-hybridized carbons (Fsp3) is 0.200. The van der Waals surface area contributed by atoms with Crippen molar-refractivity contribution in [3.63, 3.8) is 0 Å². The first kappa shape index (κ1) is 11.0. The minimum Gasteiger partial charge on any atom is -0.115 e. The van der Waals surface area contributed by atoms with Gasteiger partial charge in [-0.15, -0.1) is 6.42 Å². The molecule has 2 aromatic rings. The molecule has 1 heteroatoms. The molecule has 0 aliphatic rings. The van der Waals surface area contributed by atoms with E-state index in [2.05, 4.69) is 19.8 Å². The molecule has 0 saturated carbocycles. The molecular formula is C15H13Cl. The van der Waals surface area contributed by atoms with Crippen LogP contribution in [-0.4, -0.2) is 0 Å². The van der Waals surface area contributed by atoms with E-state index >= 15 is 0 Å². The summed E-state index contributed by atoms with van der Waals surface area (Å²) in [7, 11) is 0. The zero-order chi connectivity index (χ0) is 11.7. The van der Waals surface area contributed by atoms with Gasteiger partial charge < -0.3 is 0 Å². The van der Waals surface area contributed by atoms with Gasteiger partial charge in [-0.05, 0) is 35.1 Å². The maximum absolute atomic E-state index is 6.11. The average Bonchev–Trinajstić information content (AvgIpc) is 2.26. The molecule has 0 heterocycles. The molecule has 0 bridgehead atoms. The van der Waals surface area contributed by atoms with Crippen molar-refractivity contribution in [1.82, 2.24) is 0 Å². The summed E-state index contributed by atoms with van der Waals surface area (Å²) in [5, 5.41) is 3.04. The van der Waals surface area contributed by atoms with Crippen LogP contribution in [0.2, 0.25) is 5.02 Å². The van der Waals surface area contributed by atoms with Gasteiger partial charge in [0.2, 0.25) is 0 Å². The summed E-state index contributed by atoms with van der Waals surface area (Å²) in [5.74, 6) is 3.15. The first-order valence-electron chi connectivity index (χ1n) is 5.32. The van der Waals surface area contributed by atoms with Crippen molar-refractivity contribution < 1.29 is 0 Å². The molecule has 0 aromatic heterocycles. The van der Waals surface area contributed by atoms with Crippen molar-refractivity contribution in [2.75, 3.05) is 0 Å². The fourth-order valence-corrected chi connectivity index (χ4v) is 2.23. The van der Waals surface area contributed by atoms with E-state index in [1.807, 2.05) is 30.3 Å². The maximum atomic E-state index is 6.11. The Bertz CT molecular complexity index is 574. The lowest BCUT2D eigenvalue weighted by atomic mass is 9.93. The van der Waals surface area contributed by atoms with Crippen LogP contribution in [0.1, 0.15) is 30.9 Å². The molecule has 2 aromatic carbocycles. The predicted molar refractivity (Wildman–Crippen MR) is 71.0 cm³/mol. The van der Waals surface area contributed by atoms with Gasteiger partial charge in [-0.25, -0.2) is 0 Å². The highest BCUT2D eigenvalue weighted by molar-refractivity contribution is 6.31. The van der Waals surface area contributed by atoms with Gasteiger partial charge in [0, 0.05) is 16.0 Å². The van der Waals surface area contributed by atoms with Crippen LogP contribution in [0.4, 0.5) is 0 Å². The lowest BCUT2D eigenvalue weighted by molar-refractivity contribution is 0.876. The van der Waals surface area contributed by atoms with Crippen molar-refractivity contribution in [2.45, 2.75) is 19.8 Å². The average molecular weight is 229 g/mol. The molecule has 0 radical (unpaired) electrons. The number of hydrogen-bond donors (Lipinski definition) is 0. The Morgan fingerprint density at radius 1 is 1.25 bits per heavy atom. The normalized spacial score (nSPS) is 10.7. The number of halogens is 1. The third-order valence-corrected chi connectivity index (χ3v) is 2.97. The molecule has 16 heavy (non-hydrogen) atoms. The maximum Gasteiger partial charge on any atom is 0.0415 e. The molecule has 0 aliphatic heterocycles. The van der Waals surface area contributed by atoms with Gasteiger partial charge in [0.25, 0.3) is 0 Å². The molecule has 0 fully saturated rings. The molecule has 0 unspecified atom stereocenters. The Morgan fingerprint density at radius 2 is 2.00 bits per heavy atom. The van der Waals surface area contributed by atoms with Gasteiger partial charge in [-0.3, -0.25) is 0 Å². The molecule has 2 rings (SSSR count). The third-order valence-electron chi connectivity index (χ3n) is 2.75. The Balaban J connectivity index is 2.92. The highest BCUT2D eigenvalue weighted by Crippen LogP contribution is 2.31. The van der Waals surface area contributed by atoms with Gasteiger partial charge >= 0.3 is 0 Å². The summed E-state index contributed by atoms with van der Waals surface area (Å²) in [5.41, 5.74) is 2.16. The number of rotatable bonds is 1. The number of benzene rings is 2. The van der Waals surface area contributed by atoms with Gasteiger partial charge in [-0.2, -0.15) is 0 Å². The summed E-state index contributed by atoms with van der Waals surface area (Å²) in [4.78, 5) is 0. The van der Waals surface area contributed by atoms with Crippen LogP contribution in [0.3, 0.4) is 0 Å². The fourth-order valence-electron chi connectivity index (χ4n) is 2.00. The molecule has 0 atom stereocenters. The van der Waals surface area contributed by atoms with Crippen LogP contribution in [0.5, 0.6) is 0 Å². The molecule has 0 N–H and O–H groups in total. The second kappa shape index (κ2) is 4.20. The van der Waals surface area contributed by atoms with E-state index in [0.717, 1.165) is 21.4 Å². The van der Waals surface area contributed by atoms with E-state index in [4.69, 9.17) is 18.0 Å². The van der Waals surface area contributed by atoms with Crippen LogP contribution in [-0.2, 0) is 0 Å². The molecule has 0 spiro atoms. The van der Waals surface area contributed by atoms with Crippen molar-refractivity contribution in [3.05, 3.63) is 46.5 Å². The Kier molecular flexibility index (Phi) is 2.90. The topological polar surface area (TPSA) is 0 Å². The molecular weight excluding hydrogens is 216 g/mol. The van der Waals surface area contributed by atoms with Gasteiger partial charge in [0.05, 0.1) is 0 Å². The lowest BCUT2D eigenvalue weighted by Gasteiger charge is -2.12. The minimum absolute atomic E-state index is 0.413. The standard InChI is InChI=1S/C15H13Cl/c1-4-11-6-5-7-12-8-13(16)9-14(10(2)3)15(11)12/h1,5-10H,2-3H3. The van der Waals surface area contributed by atoms with Gasteiger partial charge in [-0.1, -0.05) is 43.5 Å². The monoisotopic (exact) mass is 228 g/mol. The van der Waals surface area contributed by atoms with Crippen molar-refractivity contribution in [1.29, 1.82) is 0 Å². The quantitative estimate of drug-likeness (QED) is 0.626. The van der Waals surface area contributed by atoms with Crippen LogP contribution >= 0.6 is 11.6 Å². The van der Waals surface area contributed by atoms with Crippen LogP contribution in [0.25, 0.3) is 10.8 Å².